The van der Waals surface area contributed by atoms with E-state index in [0.717, 1.165) is 58.9 Å². The van der Waals surface area contributed by atoms with Crippen molar-refractivity contribution in [1.29, 1.82) is 0 Å². The molecule has 2 heterocycles. The van der Waals surface area contributed by atoms with Crippen molar-refractivity contribution in [3.05, 3.63) is 46.6 Å². The number of anilines is 3. The molecule has 1 N–H and O–H groups in total. The van der Waals surface area contributed by atoms with Crippen LogP contribution >= 0.6 is 27.7 Å². The van der Waals surface area contributed by atoms with Crippen molar-refractivity contribution in [2.45, 2.75) is 25.7 Å². The van der Waals surface area contributed by atoms with Gasteiger partial charge in [-0.3, -0.25) is 0 Å². The SMILES string of the molecule is CSCc1cc(Nc2ncc3ccc(Br)c(OC(C)C)c3n2)ccc1N1CCOCC1. The van der Waals surface area contributed by atoms with Gasteiger partial charge in [0.05, 0.1) is 23.8 Å². The van der Waals surface area contributed by atoms with Crippen LogP contribution < -0.4 is 15.0 Å². The average Bonchev–Trinajstić information content (AvgIpc) is 2.77. The number of rotatable bonds is 7. The normalized spacial score (nSPS) is 14.3. The van der Waals surface area contributed by atoms with Gasteiger partial charge in [-0.15, -0.1) is 0 Å². The maximum Gasteiger partial charge on any atom is 0.227 e. The van der Waals surface area contributed by atoms with E-state index in [-0.39, 0.29) is 6.10 Å². The number of benzene rings is 2. The molecule has 0 bridgehead atoms. The number of hydrogen-bond acceptors (Lipinski definition) is 7. The Hall–Kier alpha value is -2.03. The van der Waals surface area contributed by atoms with Crippen LogP contribution in [0.15, 0.2) is 41.0 Å². The van der Waals surface area contributed by atoms with Crippen LogP contribution in [0, 0.1) is 0 Å². The summed E-state index contributed by atoms with van der Waals surface area (Å²) in [5.74, 6) is 2.23. The van der Waals surface area contributed by atoms with Crippen molar-refractivity contribution >= 4 is 55.9 Å². The van der Waals surface area contributed by atoms with E-state index in [0.29, 0.717) is 5.95 Å². The summed E-state index contributed by atoms with van der Waals surface area (Å²) in [5.41, 5.74) is 4.34. The Labute approximate surface area is 195 Å². The number of morpholine rings is 1. The molecule has 1 fully saturated rings. The third-order valence-electron chi connectivity index (χ3n) is 5.00. The molecule has 0 saturated carbocycles. The summed E-state index contributed by atoms with van der Waals surface area (Å²) in [5, 5.41) is 4.32. The third kappa shape index (κ3) is 5.25. The Bertz CT molecular complexity index is 1060. The predicted octanol–water partition coefficient (Wildman–Crippen LogP) is 5.62. The summed E-state index contributed by atoms with van der Waals surface area (Å²) in [6.07, 6.45) is 4.01. The zero-order valence-electron chi connectivity index (χ0n) is 18.0. The lowest BCUT2D eigenvalue weighted by Crippen LogP contribution is -2.36. The van der Waals surface area contributed by atoms with Crippen LogP contribution in [0.2, 0.25) is 0 Å². The zero-order valence-corrected chi connectivity index (χ0v) is 20.4. The molecule has 0 spiro atoms. The highest BCUT2D eigenvalue weighted by atomic mass is 79.9. The molecule has 1 aliphatic rings. The molecule has 8 heteroatoms. The molecule has 0 atom stereocenters. The third-order valence-corrected chi connectivity index (χ3v) is 6.22. The smallest absolute Gasteiger partial charge is 0.227 e. The minimum Gasteiger partial charge on any atom is -0.488 e. The highest BCUT2D eigenvalue weighted by Gasteiger charge is 2.16. The number of thioether (sulfide) groups is 1. The lowest BCUT2D eigenvalue weighted by molar-refractivity contribution is 0.122. The van der Waals surface area contributed by atoms with E-state index in [1.807, 2.05) is 43.9 Å². The second-order valence-electron chi connectivity index (χ2n) is 7.68. The van der Waals surface area contributed by atoms with Crippen LogP contribution in [0.25, 0.3) is 10.9 Å². The number of nitrogens with one attached hydrogen (secondary N) is 1. The number of nitrogens with zero attached hydrogens (tertiary/aromatic N) is 3. The molecular formula is C23H27BrN4O2S. The van der Waals surface area contributed by atoms with E-state index >= 15 is 0 Å². The van der Waals surface area contributed by atoms with Gasteiger partial charge in [0.25, 0.3) is 0 Å². The van der Waals surface area contributed by atoms with Gasteiger partial charge in [0.1, 0.15) is 5.52 Å². The molecular weight excluding hydrogens is 476 g/mol. The minimum atomic E-state index is 0.0510. The summed E-state index contributed by atoms with van der Waals surface area (Å²) in [7, 11) is 0. The molecule has 1 aromatic heterocycles. The Balaban J connectivity index is 1.64. The largest absolute Gasteiger partial charge is 0.488 e. The average molecular weight is 503 g/mol. The van der Waals surface area contributed by atoms with Crippen LogP contribution in [-0.4, -0.2) is 48.6 Å². The number of hydrogen-bond donors (Lipinski definition) is 1. The maximum atomic E-state index is 6.01. The molecule has 4 rings (SSSR count). The first-order valence-electron chi connectivity index (χ1n) is 10.4. The quantitative estimate of drug-likeness (QED) is 0.449. The van der Waals surface area contributed by atoms with E-state index in [1.54, 1.807) is 0 Å². The van der Waals surface area contributed by atoms with Gasteiger partial charge < -0.3 is 19.7 Å². The lowest BCUT2D eigenvalue weighted by atomic mass is 10.1. The van der Waals surface area contributed by atoms with Crippen molar-refractivity contribution in [2.24, 2.45) is 0 Å². The molecule has 31 heavy (non-hydrogen) atoms. The summed E-state index contributed by atoms with van der Waals surface area (Å²) in [4.78, 5) is 11.7. The molecule has 1 aliphatic heterocycles. The molecule has 0 unspecified atom stereocenters. The topological polar surface area (TPSA) is 59.5 Å². The van der Waals surface area contributed by atoms with E-state index in [4.69, 9.17) is 14.5 Å². The van der Waals surface area contributed by atoms with E-state index in [2.05, 4.69) is 55.6 Å². The first-order valence-corrected chi connectivity index (χ1v) is 12.6. The first kappa shape index (κ1) is 22.2. The van der Waals surface area contributed by atoms with Crippen LogP contribution in [0.5, 0.6) is 5.75 Å². The second kappa shape index (κ2) is 10.1. The van der Waals surface area contributed by atoms with Crippen molar-refractivity contribution in [3.63, 3.8) is 0 Å². The van der Waals surface area contributed by atoms with Crippen molar-refractivity contribution in [3.8, 4) is 5.75 Å². The van der Waals surface area contributed by atoms with Gasteiger partial charge in [0.15, 0.2) is 5.75 Å². The predicted molar refractivity (Wildman–Crippen MR) is 133 cm³/mol. The van der Waals surface area contributed by atoms with Gasteiger partial charge in [0.2, 0.25) is 5.95 Å². The molecule has 6 nitrogen and oxygen atoms in total. The van der Waals surface area contributed by atoms with Gasteiger partial charge in [0, 0.05) is 41.8 Å². The van der Waals surface area contributed by atoms with Crippen LogP contribution in [0.3, 0.4) is 0 Å². The van der Waals surface area contributed by atoms with Gasteiger partial charge in [-0.1, -0.05) is 0 Å². The summed E-state index contributed by atoms with van der Waals surface area (Å²) in [6, 6.07) is 10.4. The highest BCUT2D eigenvalue weighted by Crippen LogP contribution is 2.34. The number of halogens is 1. The Kier molecular flexibility index (Phi) is 7.20. The van der Waals surface area contributed by atoms with Crippen molar-refractivity contribution < 1.29 is 9.47 Å². The molecule has 164 valence electrons. The molecule has 0 amide bonds. The van der Waals surface area contributed by atoms with Crippen molar-refractivity contribution in [1.82, 2.24) is 9.97 Å². The molecule has 3 aromatic rings. The van der Waals surface area contributed by atoms with Crippen molar-refractivity contribution in [2.75, 3.05) is 42.8 Å². The number of ether oxygens (including phenoxy) is 2. The van der Waals surface area contributed by atoms with Gasteiger partial charge in [-0.05, 0) is 71.9 Å². The highest BCUT2D eigenvalue weighted by molar-refractivity contribution is 9.10. The van der Waals surface area contributed by atoms with E-state index in [9.17, 15) is 0 Å². The Morgan fingerprint density at radius 1 is 1.23 bits per heavy atom. The Morgan fingerprint density at radius 3 is 2.77 bits per heavy atom. The molecule has 0 radical (unpaired) electrons. The summed E-state index contributed by atoms with van der Waals surface area (Å²) >= 11 is 5.41. The fourth-order valence-corrected chi connectivity index (χ4v) is 4.59. The number of fused-ring (bicyclic) bond motifs is 1. The van der Waals surface area contributed by atoms with Gasteiger partial charge in [-0.25, -0.2) is 9.97 Å². The zero-order chi connectivity index (χ0) is 21.8. The molecule has 1 saturated heterocycles. The fourth-order valence-electron chi connectivity index (χ4n) is 3.63. The van der Waals surface area contributed by atoms with E-state index in [1.165, 1.54) is 11.3 Å². The Morgan fingerprint density at radius 2 is 2.03 bits per heavy atom. The van der Waals surface area contributed by atoms with Crippen LogP contribution in [0.4, 0.5) is 17.3 Å². The monoisotopic (exact) mass is 502 g/mol. The maximum absolute atomic E-state index is 6.01. The summed E-state index contributed by atoms with van der Waals surface area (Å²) < 4.78 is 12.4. The number of aromatic nitrogens is 2. The molecule has 2 aromatic carbocycles. The molecule has 0 aliphatic carbocycles. The lowest BCUT2D eigenvalue weighted by Gasteiger charge is -2.31. The standard InChI is InChI=1S/C23H27BrN4O2S/c1-15(2)30-22-19(24)6-4-16-13-25-23(27-21(16)22)26-18-5-7-20(17(12-18)14-31-3)28-8-10-29-11-9-28/h4-7,12-13,15H,8-11,14H2,1-3H3,(H,25,26,27). The summed E-state index contributed by atoms with van der Waals surface area (Å²) in [6.45, 7) is 7.43. The van der Waals surface area contributed by atoms with Crippen LogP contribution in [-0.2, 0) is 10.5 Å². The van der Waals surface area contributed by atoms with Crippen LogP contribution in [0.1, 0.15) is 19.4 Å². The minimum absolute atomic E-state index is 0.0510. The first-order chi connectivity index (χ1) is 15.0. The van der Waals surface area contributed by atoms with E-state index < -0.39 is 0 Å². The fraction of sp³-hybridized carbons (Fsp3) is 0.391. The second-order valence-corrected chi connectivity index (χ2v) is 9.40. The van der Waals surface area contributed by atoms with Gasteiger partial charge >= 0.3 is 0 Å². The van der Waals surface area contributed by atoms with Gasteiger partial charge in [-0.2, -0.15) is 11.8 Å².